The number of nitrogens with zero attached hydrogens (tertiary/aromatic N) is 1. The third-order valence-electron chi connectivity index (χ3n) is 4.00. The molecule has 0 heterocycles. The van der Waals surface area contributed by atoms with Crippen molar-refractivity contribution in [3.05, 3.63) is 65.2 Å². The fraction of sp³-hybridized carbons (Fsp3) is 0.368. The zero-order valence-corrected chi connectivity index (χ0v) is 14.8. The Morgan fingerprint density at radius 1 is 1.09 bits per heavy atom. The largest absolute Gasteiger partial charge is 0.387 e. The van der Waals surface area contributed by atoms with E-state index in [4.69, 9.17) is 0 Å². The zero-order valence-electron chi connectivity index (χ0n) is 14.0. The van der Waals surface area contributed by atoms with E-state index in [9.17, 15) is 9.32 Å². The Bertz CT molecular complexity index is 637. The SMILES string of the molecule is CCN(Cc1ccc(S(C)=O)cc1)CC(O)c1ccc(C)cc1. The molecule has 0 aromatic heterocycles. The summed E-state index contributed by atoms with van der Waals surface area (Å²) in [5.74, 6) is 0. The Labute approximate surface area is 141 Å². The Morgan fingerprint density at radius 3 is 2.22 bits per heavy atom. The molecule has 0 fully saturated rings. The number of likely N-dealkylation sites (N-methyl/N-ethyl adjacent to an activating group) is 1. The summed E-state index contributed by atoms with van der Waals surface area (Å²) in [5.41, 5.74) is 3.31. The quantitative estimate of drug-likeness (QED) is 0.846. The third kappa shape index (κ3) is 5.27. The van der Waals surface area contributed by atoms with E-state index >= 15 is 0 Å². The fourth-order valence-corrected chi connectivity index (χ4v) is 3.01. The number of rotatable bonds is 7. The van der Waals surface area contributed by atoms with E-state index in [0.29, 0.717) is 6.54 Å². The van der Waals surface area contributed by atoms with Crippen molar-refractivity contribution in [3.63, 3.8) is 0 Å². The van der Waals surface area contributed by atoms with E-state index in [2.05, 4.69) is 11.8 Å². The van der Waals surface area contributed by atoms with E-state index in [1.165, 1.54) is 5.56 Å². The molecule has 0 radical (unpaired) electrons. The molecule has 2 atom stereocenters. The summed E-state index contributed by atoms with van der Waals surface area (Å²) in [4.78, 5) is 3.05. The minimum Gasteiger partial charge on any atom is -0.387 e. The molecule has 2 rings (SSSR count). The second-order valence-corrected chi connectivity index (χ2v) is 7.23. The lowest BCUT2D eigenvalue weighted by Gasteiger charge is -2.24. The zero-order chi connectivity index (χ0) is 16.8. The summed E-state index contributed by atoms with van der Waals surface area (Å²) < 4.78 is 11.4. The molecule has 0 aliphatic heterocycles. The summed E-state index contributed by atoms with van der Waals surface area (Å²) in [7, 11) is -0.941. The van der Waals surface area contributed by atoms with Gasteiger partial charge in [-0.3, -0.25) is 9.11 Å². The van der Waals surface area contributed by atoms with Gasteiger partial charge in [0.2, 0.25) is 0 Å². The molecule has 0 bridgehead atoms. The van der Waals surface area contributed by atoms with E-state index in [0.717, 1.165) is 29.1 Å². The van der Waals surface area contributed by atoms with Gasteiger partial charge in [0.1, 0.15) is 0 Å². The number of hydrogen-bond acceptors (Lipinski definition) is 3. The molecular weight excluding hydrogens is 306 g/mol. The monoisotopic (exact) mass is 331 g/mol. The summed E-state index contributed by atoms with van der Waals surface area (Å²) in [5, 5.41) is 10.4. The van der Waals surface area contributed by atoms with E-state index in [-0.39, 0.29) is 0 Å². The minimum atomic E-state index is -0.941. The van der Waals surface area contributed by atoms with Gasteiger partial charge >= 0.3 is 0 Å². The molecule has 2 aromatic carbocycles. The van der Waals surface area contributed by atoms with Crippen LogP contribution < -0.4 is 0 Å². The fourth-order valence-electron chi connectivity index (χ4n) is 2.49. The van der Waals surface area contributed by atoms with Crippen molar-refractivity contribution in [1.29, 1.82) is 0 Å². The molecule has 1 N–H and O–H groups in total. The van der Waals surface area contributed by atoms with Crippen molar-refractivity contribution in [2.75, 3.05) is 19.3 Å². The maximum Gasteiger partial charge on any atom is 0.0917 e. The summed E-state index contributed by atoms with van der Waals surface area (Å²) in [6.07, 6.45) is 1.20. The average Bonchev–Trinajstić information content (AvgIpc) is 2.55. The van der Waals surface area contributed by atoms with Crippen molar-refractivity contribution in [2.24, 2.45) is 0 Å². The molecule has 0 saturated heterocycles. The molecule has 0 saturated carbocycles. The molecule has 0 spiro atoms. The van der Waals surface area contributed by atoms with E-state index in [1.54, 1.807) is 6.26 Å². The highest BCUT2D eigenvalue weighted by atomic mass is 32.2. The summed E-state index contributed by atoms with van der Waals surface area (Å²) >= 11 is 0. The first-order valence-corrected chi connectivity index (χ1v) is 9.44. The first-order chi connectivity index (χ1) is 11.0. The van der Waals surface area contributed by atoms with Crippen LogP contribution in [0.3, 0.4) is 0 Å². The second kappa shape index (κ2) is 8.39. The van der Waals surface area contributed by atoms with Crippen molar-refractivity contribution in [2.45, 2.75) is 31.4 Å². The molecule has 0 amide bonds. The first kappa shape index (κ1) is 17.9. The van der Waals surface area contributed by atoms with Gasteiger partial charge in [-0.2, -0.15) is 0 Å². The van der Waals surface area contributed by atoms with Gasteiger partial charge < -0.3 is 5.11 Å². The maximum atomic E-state index is 11.4. The van der Waals surface area contributed by atoms with Crippen LogP contribution in [0.5, 0.6) is 0 Å². The van der Waals surface area contributed by atoms with E-state index in [1.807, 2.05) is 55.5 Å². The molecule has 23 heavy (non-hydrogen) atoms. The highest BCUT2D eigenvalue weighted by Gasteiger charge is 2.13. The highest BCUT2D eigenvalue weighted by molar-refractivity contribution is 7.84. The maximum absolute atomic E-state index is 11.4. The highest BCUT2D eigenvalue weighted by Crippen LogP contribution is 2.17. The van der Waals surface area contributed by atoms with Gasteiger partial charge in [-0.05, 0) is 36.7 Å². The van der Waals surface area contributed by atoms with Gasteiger partial charge in [0, 0.05) is 35.0 Å². The summed E-state index contributed by atoms with van der Waals surface area (Å²) in [6.45, 7) is 6.38. The second-order valence-electron chi connectivity index (χ2n) is 5.85. The van der Waals surface area contributed by atoms with Gasteiger partial charge in [0.25, 0.3) is 0 Å². The first-order valence-electron chi connectivity index (χ1n) is 7.89. The predicted octanol–water partition coefficient (Wildman–Crippen LogP) is 3.29. The molecule has 3 nitrogen and oxygen atoms in total. The number of aryl methyl sites for hydroxylation is 1. The Kier molecular flexibility index (Phi) is 6.51. The molecule has 2 aromatic rings. The smallest absolute Gasteiger partial charge is 0.0917 e. The molecule has 124 valence electrons. The lowest BCUT2D eigenvalue weighted by atomic mass is 10.1. The molecular formula is C19H25NO2S. The van der Waals surface area contributed by atoms with Crippen molar-refractivity contribution in [1.82, 2.24) is 4.90 Å². The van der Waals surface area contributed by atoms with Gasteiger partial charge in [0.05, 0.1) is 6.10 Å². The predicted molar refractivity (Wildman–Crippen MR) is 95.9 cm³/mol. The van der Waals surface area contributed by atoms with Gasteiger partial charge in [-0.15, -0.1) is 0 Å². The standard InChI is InChI=1S/C19H25NO2S/c1-4-20(13-16-7-11-18(12-8-16)23(3)22)14-19(21)17-9-5-15(2)6-10-17/h5-12,19,21H,4,13-14H2,1-3H3. The molecule has 4 heteroatoms. The Morgan fingerprint density at radius 2 is 1.70 bits per heavy atom. The van der Waals surface area contributed by atoms with Crippen molar-refractivity contribution in [3.8, 4) is 0 Å². The van der Waals surface area contributed by atoms with Gasteiger partial charge in [-0.25, -0.2) is 0 Å². The van der Waals surface area contributed by atoms with Crippen LogP contribution in [0.25, 0.3) is 0 Å². The number of aliphatic hydroxyl groups excluding tert-OH is 1. The van der Waals surface area contributed by atoms with Crippen molar-refractivity contribution < 1.29 is 9.32 Å². The number of aliphatic hydroxyl groups is 1. The van der Waals surface area contributed by atoms with Crippen LogP contribution in [0, 0.1) is 6.92 Å². The van der Waals surface area contributed by atoms with Crippen LogP contribution in [0.1, 0.15) is 29.7 Å². The Balaban J connectivity index is 1.99. The normalized spacial score (nSPS) is 14.0. The van der Waals surface area contributed by atoms with Crippen molar-refractivity contribution >= 4 is 10.8 Å². The minimum absolute atomic E-state index is 0.488. The third-order valence-corrected chi connectivity index (χ3v) is 4.94. The van der Waals surface area contributed by atoms with Crippen LogP contribution >= 0.6 is 0 Å². The Hall–Kier alpha value is -1.49. The van der Waals surface area contributed by atoms with Crippen LogP contribution in [-0.4, -0.2) is 33.6 Å². The lowest BCUT2D eigenvalue weighted by Crippen LogP contribution is -2.28. The van der Waals surface area contributed by atoms with Gasteiger partial charge in [-0.1, -0.05) is 48.9 Å². The number of hydrogen-bond donors (Lipinski definition) is 1. The molecule has 0 aliphatic rings. The van der Waals surface area contributed by atoms with Crippen LogP contribution in [0.4, 0.5) is 0 Å². The topological polar surface area (TPSA) is 40.5 Å². The van der Waals surface area contributed by atoms with Crippen LogP contribution in [0.2, 0.25) is 0 Å². The van der Waals surface area contributed by atoms with Gasteiger partial charge in [0.15, 0.2) is 0 Å². The van der Waals surface area contributed by atoms with E-state index < -0.39 is 16.9 Å². The average molecular weight is 331 g/mol. The number of benzene rings is 2. The lowest BCUT2D eigenvalue weighted by molar-refractivity contribution is 0.112. The summed E-state index contributed by atoms with van der Waals surface area (Å²) in [6, 6.07) is 15.9. The molecule has 2 unspecified atom stereocenters. The van der Waals surface area contributed by atoms with Crippen LogP contribution in [0.15, 0.2) is 53.4 Å². The molecule has 0 aliphatic carbocycles. The van der Waals surface area contributed by atoms with Crippen LogP contribution in [-0.2, 0) is 17.3 Å².